The monoisotopic (exact) mass is 339 g/mol. The largest absolute Gasteiger partial charge is 0.294 e. The summed E-state index contributed by atoms with van der Waals surface area (Å²) in [6.07, 6.45) is 9.55. The first-order valence-electron chi connectivity index (χ1n) is 8.15. The molecule has 0 N–H and O–H groups in total. The van der Waals surface area contributed by atoms with Crippen LogP contribution in [0.5, 0.6) is 0 Å². The zero-order valence-electron chi connectivity index (χ0n) is 12.7. The SMILES string of the molecule is CCc1nn(C)c(CN2CCCC3CCCCC32)c1Br. The van der Waals surface area contributed by atoms with E-state index in [9.17, 15) is 0 Å². The molecule has 2 unspecified atom stereocenters. The molecule has 0 amide bonds. The summed E-state index contributed by atoms with van der Waals surface area (Å²) in [6, 6.07) is 0.823. The van der Waals surface area contributed by atoms with Crippen molar-refractivity contribution in [2.24, 2.45) is 13.0 Å². The Kier molecular flexibility index (Phi) is 4.51. The summed E-state index contributed by atoms with van der Waals surface area (Å²) in [6.45, 7) is 4.50. The predicted molar refractivity (Wildman–Crippen MR) is 85.7 cm³/mol. The molecule has 0 aromatic carbocycles. The Balaban J connectivity index is 1.78. The number of halogens is 1. The Morgan fingerprint density at radius 3 is 2.70 bits per heavy atom. The molecular formula is C16H26BrN3. The minimum Gasteiger partial charge on any atom is -0.294 e. The van der Waals surface area contributed by atoms with Gasteiger partial charge in [0, 0.05) is 19.6 Å². The highest BCUT2D eigenvalue weighted by atomic mass is 79.9. The van der Waals surface area contributed by atoms with Crippen LogP contribution in [0.15, 0.2) is 4.47 Å². The van der Waals surface area contributed by atoms with E-state index in [1.165, 1.54) is 60.9 Å². The first-order chi connectivity index (χ1) is 9.70. The van der Waals surface area contributed by atoms with Crippen LogP contribution in [0.3, 0.4) is 0 Å². The average Bonchev–Trinajstić information content (AvgIpc) is 2.75. The van der Waals surface area contributed by atoms with Crippen LogP contribution in [0.25, 0.3) is 0 Å². The number of piperidine rings is 1. The number of rotatable bonds is 3. The van der Waals surface area contributed by atoms with E-state index in [0.717, 1.165) is 24.9 Å². The van der Waals surface area contributed by atoms with E-state index in [4.69, 9.17) is 0 Å². The van der Waals surface area contributed by atoms with Gasteiger partial charge in [0.1, 0.15) is 0 Å². The predicted octanol–water partition coefficient (Wildman–Crippen LogP) is 3.90. The summed E-state index contributed by atoms with van der Waals surface area (Å²) in [5.41, 5.74) is 2.55. The van der Waals surface area contributed by atoms with Gasteiger partial charge in [-0.05, 0) is 60.5 Å². The molecule has 2 atom stereocenters. The van der Waals surface area contributed by atoms with Crippen molar-refractivity contribution in [1.82, 2.24) is 14.7 Å². The second-order valence-corrected chi connectivity index (χ2v) is 7.20. The smallest absolute Gasteiger partial charge is 0.0767 e. The molecule has 3 rings (SSSR count). The van der Waals surface area contributed by atoms with Gasteiger partial charge in [0.05, 0.1) is 15.9 Å². The van der Waals surface area contributed by atoms with E-state index < -0.39 is 0 Å². The Bertz CT molecular complexity index is 467. The molecule has 20 heavy (non-hydrogen) atoms. The first-order valence-corrected chi connectivity index (χ1v) is 8.94. The molecule has 1 aliphatic heterocycles. The van der Waals surface area contributed by atoms with Crippen LogP contribution in [-0.2, 0) is 20.0 Å². The van der Waals surface area contributed by atoms with Gasteiger partial charge in [0.25, 0.3) is 0 Å². The maximum atomic E-state index is 4.64. The Morgan fingerprint density at radius 2 is 1.95 bits per heavy atom. The molecule has 112 valence electrons. The number of hydrogen-bond acceptors (Lipinski definition) is 2. The molecule has 4 heteroatoms. The zero-order valence-corrected chi connectivity index (χ0v) is 14.3. The molecule has 1 saturated heterocycles. The molecule has 0 spiro atoms. The van der Waals surface area contributed by atoms with Crippen molar-refractivity contribution in [3.8, 4) is 0 Å². The molecule has 0 radical (unpaired) electrons. The second-order valence-electron chi connectivity index (χ2n) is 6.41. The lowest BCUT2D eigenvalue weighted by molar-refractivity contribution is 0.0527. The van der Waals surface area contributed by atoms with E-state index in [1.807, 2.05) is 0 Å². The van der Waals surface area contributed by atoms with Gasteiger partial charge < -0.3 is 0 Å². The Morgan fingerprint density at radius 1 is 1.20 bits per heavy atom. The molecule has 1 aliphatic carbocycles. The summed E-state index contributed by atoms with van der Waals surface area (Å²) in [5.74, 6) is 0.954. The van der Waals surface area contributed by atoms with Crippen LogP contribution in [0, 0.1) is 5.92 Å². The van der Waals surface area contributed by atoms with Gasteiger partial charge in [-0.25, -0.2) is 0 Å². The molecule has 1 aromatic heterocycles. The lowest BCUT2D eigenvalue weighted by Gasteiger charge is -2.44. The maximum absolute atomic E-state index is 4.64. The molecule has 2 heterocycles. The summed E-state index contributed by atoms with van der Waals surface area (Å²) >= 11 is 3.77. The van der Waals surface area contributed by atoms with E-state index in [-0.39, 0.29) is 0 Å². The van der Waals surface area contributed by atoms with Gasteiger partial charge in [-0.2, -0.15) is 5.10 Å². The summed E-state index contributed by atoms with van der Waals surface area (Å²) in [4.78, 5) is 2.73. The third-order valence-corrected chi connectivity index (χ3v) is 6.13. The van der Waals surface area contributed by atoms with Gasteiger partial charge in [-0.15, -0.1) is 0 Å². The maximum Gasteiger partial charge on any atom is 0.0767 e. The fourth-order valence-corrected chi connectivity index (χ4v) is 4.85. The van der Waals surface area contributed by atoms with Crippen molar-refractivity contribution in [2.75, 3.05) is 6.54 Å². The van der Waals surface area contributed by atoms with E-state index >= 15 is 0 Å². The van der Waals surface area contributed by atoms with Crippen molar-refractivity contribution in [3.05, 3.63) is 15.9 Å². The molecule has 2 aliphatic rings. The fraction of sp³-hybridized carbons (Fsp3) is 0.812. The Labute approximate surface area is 130 Å². The first kappa shape index (κ1) is 14.6. The van der Waals surface area contributed by atoms with Crippen LogP contribution in [0.4, 0.5) is 0 Å². The number of nitrogens with zero attached hydrogens (tertiary/aromatic N) is 3. The van der Waals surface area contributed by atoms with E-state index in [1.54, 1.807) is 0 Å². The molecule has 1 saturated carbocycles. The van der Waals surface area contributed by atoms with Crippen molar-refractivity contribution in [3.63, 3.8) is 0 Å². The van der Waals surface area contributed by atoms with Crippen molar-refractivity contribution >= 4 is 15.9 Å². The summed E-state index contributed by atoms with van der Waals surface area (Å²) < 4.78 is 3.32. The van der Waals surface area contributed by atoms with Crippen LogP contribution in [-0.4, -0.2) is 27.3 Å². The number of hydrogen-bond donors (Lipinski definition) is 0. The second kappa shape index (κ2) is 6.18. The lowest BCUT2D eigenvalue weighted by atomic mass is 9.78. The van der Waals surface area contributed by atoms with E-state index in [0.29, 0.717) is 0 Å². The lowest BCUT2D eigenvalue weighted by Crippen LogP contribution is -2.46. The van der Waals surface area contributed by atoms with Gasteiger partial charge in [0.2, 0.25) is 0 Å². The summed E-state index contributed by atoms with van der Waals surface area (Å²) in [7, 11) is 2.08. The van der Waals surface area contributed by atoms with E-state index in [2.05, 4.69) is 44.6 Å². The minimum atomic E-state index is 0.823. The summed E-state index contributed by atoms with van der Waals surface area (Å²) in [5, 5.41) is 4.64. The highest BCUT2D eigenvalue weighted by molar-refractivity contribution is 9.10. The van der Waals surface area contributed by atoms with Gasteiger partial charge in [-0.1, -0.05) is 19.8 Å². The normalized spacial score (nSPS) is 27.6. The number of aromatic nitrogens is 2. The third-order valence-electron chi connectivity index (χ3n) is 5.21. The topological polar surface area (TPSA) is 21.1 Å². The molecule has 2 fully saturated rings. The standard InChI is InChI=1S/C16H26BrN3/c1-3-13-16(17)15(19(2)18-13)11-20-10-6-8-12-7-4-5-9-14(12)20/h12,14H,3-11H2,1-2H3. The van der Waals surface area contributed by atoms with Crippen molar-refractivity contribution in [2.45, 2.75) is 64.5 Å². The number of aryl methyl sites for hydroxylation is 2. The van der Waals surface area contributed by atoms with Gasteiger partial charge in [-0.3, -0.25) is 9.58 Å². The average molecular weight is 340 g/mol. The number of fused-ring (bicyclic) bond motifs is 1. The van der Waals surface area contributed by atoms with Crippen LogP contribution >= 0.6 is 15.9 Å². The number of likely N-dealkylation sites (tertiary alicyclic amines) is 1. The molecule has 0 bridgehead atoms. The van der Waals surface area contributed by atoms with Crippen molar-refractivity contribution in [1.29, 1.82) is 0 Å². The molecule has 1 aromatic rings. The third kappa shape index (κ3) is 2.69. The fourth-order valence-electron chi connectivity index (χ4n) is 4.11. The Hall–Kier alpha value is -0.350. The quantitative estimate of drug-likeness (QED) is 0.832. The highest BCUT2D eigenvalue weighted by Crippen LogP contribution is 2.36. The van der Waals surface area contributed by atoms with Crippen molar-refractivity contribution < 1.29 is 0 Å². The highest BCUT2D eigenvalue weighted by Gasteiger charge is 2.33. The minimum absolute atomic E-state index is 0.823. The van der Waals surface area contributed by atoms with Crippen LogP contribution in [0.2, 0.25) is 0 Å². The van der Waals surface area contributed by atoms with Crippen LogP contribution < -0.4 is 0 Å². The molecular weight excluding hydrogens is 314 g/mol. The zero-order chi connectivity index (χ0) is 14.1. The van der Waals surface area contributed by atoms with Crippen LogP contribution in [0.1, 0.15) is 56.8 Å². The van der Waals surface area contributed by atoms with Gasteiger partial charge >= 0.3 is 0 Å². The van der Waals surface area contributed by atoms with Gasteiger partial charge in [0.15, 0.2) is 0 Å². The molecule has 3 nitrogen and oxygen atoms in total.